The predicted octanol–water partition coefficient (Wildman–Crippen LogP) is 4.90. The van der Waals surface area contributed by atoms with Crippen LogP contribution in [-0.4, -0.2) is 29.6 Å². The molecular formula is C20H22N2OS. The Balaban J connectivity index is 1.34. The van der Waals surface area contributed by atoms with Gasteiger partial charge >= 0.3 is 0 Å². The Labute approximate surface area is 146 Å². The maximum absolute atomic E-state index is 5.82. The fraction of sp³-hybridized carbons (Fsp3) is 0.350. The molecule has 1 atom stereocenters. The van der Waals surface area contributed by atoms with E-state index in [0.29, 0.717) is 6.04 Å². The summed E-state index contributed by atoms with van der Waals surface area (Å²) in [6.07, 6.45) is 3.54. The Bertz CT molecular complexity index is 753. The average Bonchev–Trinajstić information content (AvgIpc) is 3.25. The molecule has 1 aliphatic heterocycles. The number of benzene rings is 2. The summed E-state index contributed by atoms with van der Waals surface area (Å²) >= 11 is 1.85. The highest BCUT2D eigenvalue weighted by Crippen LogP contribution is 2.36. The number of hydrogen-bond donors (Lipinski definition) is 0. The maximum atomic E-state index is 5.82. The van der Waals surface area contributed by atoms with Gasteiger partial charge in [-0.25, -0.2) is 4.98 Å². The number of likely N-dealkylation sites (tertiary alicyclic amines) is 1. The summed E-state index contributed by atoms with van der Waals surface area (Å²) < 4.78 is 7.11. The van der Waals surface area contributed by atoms with Crippen molar-refractivity contribution < 1.29 is 4.74 Å². The Morgan fingerprint density at radius 3 is 2.79 bits per heavy atom. The van der Waals surface area contributed by atoms with Crippen molar-refractivity contribution in [2.75, 3.05) is 19.7 Å². The number of ether oxygens (including phenoxy) is 1. The first-order valence-electron chi connectivity index (χ1n) is 8.67. The molecule has 0 bridgehead atoms. The normalized spacial score (nSPS) is 18.2. The molecule has 0 amide bonds. The first-order valence-corrected chi connectivity index (χ1v) is 9.49. The van der Waals surface area contributed by atoms with Gasteiger partial charge in [-0.05, 0) is 50.1 Å². The van der Waals surface area contributed by atoms with Gasteiger partial charge in [0, 0.05) is 6.54 Å². The van der Waals surface area contributed by atoms with Crippen molar-refractivity contribution in [3.63, 3.8) is 0 Å². The Morgan fingerprint density at radius 2 is 1.92 bits per heavy atom. The van der Waals surface area contributed by atoms with Crippen molar-refractivity contribution >= 4 is 21.6 Å². The minimum absolute atomic E-state index is 0.485. The number of para-hydroxylation sites is 2. The van der Waals surface area contributed by atoms with E-state index in [1.807, 2.05) is 41.7 Å². The largest absolute Gasteiger partial charge is 0.494 e. The quantitative estimate of drug-likeness (QED) is 0.598. The second-order valence-corrected chi connectivity index (χ2v) is 7.29. The van der Waals surface area contributed by atoms with E-state index in [-0.39, 0.29) is 0 Å². The summed E-state index contributed by atoms with van der Waals surface area (Å²) in [7, 11) is 0. The van der Waals surface area contributed by atoms with E-state index in [1.165, 1.54) is 29.1 Å². The van der Waals surface area contributed by atoms with Crippen molar-refractivity contribution in [2.45, 2.75) is 25.3 Å². The molecule has 0 spiro atoms. The van der Waals surface area contributed by atoms with Crippen LogP contribution in [0.15, 0.2) is 54.6 Å². The first-order chi connectivity index (χ1) is 11.9. The van der Waals surface area contributed by atoms with Crippen LogP contribution in [0.2, 0.25) is 0 Å². The zero-order chi connectivity index (χ0) is 16.2. The third-order valence-corrected chi connectivity index (χ3v) is 5.70. The van der Waals surface area contributed by atoms with Gasteiger partial charge in [0.05, 0.1) is 22.9 Å². The molecule has 3 aromatic rings. The molecule has 0 aliphatic carbocycles. The predicted molar refractivity (Wildman–Crippen MR) is 99.7 cm³/mol. The number of thiazole rings is 1. The summed E-state index contributed by atoms with van der Waals surface area (Å²) in [6, 6.07) is 19.0. The second-order valence-electron chi connectivity index (χ2n) is 6.23. The van der Waals surface area contributed by atoms with Crippen LogP contribution in [0, 0.1) is 0 Å². The summed E-state index contributed by atoms with van der Waals surface area (Å²) in [5.74, 6) is 0.960. The molecule has 0 unspecified atom stereocenters. The van der Waals surface area contributed by atoms with Gasteiger partial charge in [-0.1, -0.05) is 30.3 Å². The molecule has 4 rings (SSSR count). The minimum atomic E-state index is 0.485. The molecule has 2 heterocycles. The van der Waals surface area contributed by atoms with Crippen LogP contribution in [0.1, 0.15) is 30.3 Å². The lowest BCUT2D eigenvalue weighted by Crippen LogP contribution is -2.25. The topological polar surface area (TPSA) is 25.4 Å². The van der Waals surface area contributed by atoms with E-state index in [2.05, 4.69) is 29.2 Å². The summed E-state index contributed by atoms with van der Waals surface area (Å²) in [6.45, 7) is 3.02. The maximum Gasteiger partial charge on any atom is 0.119 e. The van der Waals surface area contributed by atoms with Crippen molar-refractivity contribution in [1.29, 1.82) is 0 Å². The number of fused-ring (bicyclic) bond motifs is 1. The lowest BCUT2D eigenvalue weighted by Gasteiger charge is -2.22. The third-order valence-electron chi connectivity index (χ3n) is 4.56. The Morgan fingerprint density at radius 1 is 1.08 bits per heavy atom. The van der Waals surface area contributed by atoms with Crippen molar-refractivity contribution in [2.24, 2.45) is 0 Å². The van der Waals surface area contributed by atoms with Crippen molar-refractivity contribution in [3.8, 4) is 5.75 Å². The van der Waals surface area contributed by atoms with Gasteiger partial charge in [0.25, 0.3) is 0 Å². The van der Waals surface area contributed by atoms with Crippen molar-refractivity contribution in [1.82, 2.24) is 9.88 Å². The van der Waals surface area contributed by atoms with Crippen LogP contribution in [0.5, 0.6) is 5.75 Å². The molecule has 1 saturated heterocycles. The van der Waals surface area contributed by atoms with Gasteiger partial charge in [-0.15, -0.1) is 11.3 Å². The second kappa shape index (κ2) is 7.32. The third kappa shape index (κ3) is 3.45. The summed E-state index contributed by atoms with van der Waals surface area (Å²) in [4.78, 5) is 7.44. The molecular weight excluding hydrogens is 316 g/mol. The molecule has 1 aliphatic rings. The molecule has 0 radical (unpaired) electrons. The standard InChI is InChI=1S/C20H22N2OS/c1-2-8-16(9-3-1)23-15-7-14-22-13-6-11-18(22)20-21-17-10-4-5-12-19(17)24-20/h1-5,8-10,12,18H,6-7,11,13-15H2/t18-/m1/s1. The first kappa shape index (κ1) is 15.6. The van der Waals surface area contributed by atoms with E-state index >= 15 is 0 Å². The molecule has 3 nitrogen and oxygen atoms in total. The molecule has 2 aromatic carbocycles. The van der Waals surface area contributed by atoms with E-state index < -0.39 is 0 Å². The summed E-state index contributed by atoms with van der Waals surface area (Å²) in [5, 5.41) is 1.28. The molecule has 0 N–H and O–H groups in total. The van der Waals surface area contributed by atoms with Crippen LogP contribution >= 0.6 is 11.3 Å². The molecule has 24 heavy (non-hydrogen) atoms. The zero-order valence-corrected chi connectivity index (χ0v) is 14.5. The highest BCUT2D eigenvalue weighted by atomic mass is 32.1. The molecule has 4 heteroatoms. The fourth-order valence-corrected chi connectivity index (χ4v) is 4.52. The van der Waals surface area contributed by atoms with Crippen LogP contribution in [0.25, 0.3) is 10.2 Å². The van der Waals surface area contributed by atoms with Gasteiger partial charge < -0.3 is 4.74 Å². The lowest BCUT2D eigenvalue weighted by atomic mass is 10.2. The average molecular weight is 338 g/mol. The Hall–Kier alpha value is -1.91. The molecule has 124 valence electrons. The summed E-state index contributed by atoms with van der Waals surface area (Å²) in [5.41, 5.74) is 1.14. The van der Waals surface area contributed by atoms with Crippen molar-refractivity contribution in [3.05, 3.63) is 59.6 Å². The van der Waals surface area contributed by atoms with Gasteiger partial charge in [0.15, 0.2) is 0 Å². The zero-order valence-electron chi connectivity index (χ0n) is 13.7. The lowest BCUT2D eigenvalue weighted by molar-refractivity contribution is 0.222. The molecule has 1 aromatic heterocycles. The molecule has 1 fully saturated rings. The van der Waals surface area contributed by atoms with Gasteiger partial charge in [0.2, 0.25) is 0 Å². The van der Waals surface area contributed by atoms with Gasteiger partial charge in [-0.2, -0.15) is 0 Å². The highest BCUT2D eigenvalue weighted by Gasteiger charge is 2.28. The fourth-order valence-electron chi connectivity index (χ4n) is 3.38. The number of hydrogen-bond acceptors (Lipinski definition) is 4. The number of nitrogens with zero attached hydrogens (tertiary/aromatic N) is 2. The van der Waals surface area contributed by atoms with Crippen LogP contribution in [-0.2, 0) is 0 Å². The number of aromatic nitrogens is 1. The van der Waals surface area contributed by atoms with Crippen LogP contribution < -0.4 is 4.74 Å². The SMILES string of the molecule is c1ccc(OCCCN2CCC[C@@H]2c2nc3ccccc3s2)cc1. The van der Waals surface area contributed by atoms with Gasteiger partial charge in [0.1, 0.15) is 10.8 Å². The number of rotatable bonds is 6. The van der Waals surface area contributed by atoms with Gasteiger partial charge in [-0.3, -0.25) is 4.90 Å². The Kier molecular flexibility index (Phi) is 4.76. The monoisotopic (exact) mass is 338 g/mol. The minimum Gasteiger partial charge on any atom is -0.494 e. The smallest absolute Gasteiger partial charge is 0.119 e. The molecule has 0 saturated carbocycles. The van der Waals surface area contributed by atoms with E-state index in [4.69, 9.17) is 9.72 Å². The van der Waals surface area contributed by atoms with E-state index in [1.54, 1.807) is 0 Å². The highest BCUT2D eigenvalue weighted by molar-refractivity contribution is 7.18. The van der Waals surface area contributed by atoms with E-state index in [9.17, 15) is 0 Å². The van der Waals surface area contributed by atoms with Crippen LogP contribution in [0.4, 0.5) is 0 Å². The van der Waals surface area contributed by atoms with Crippen LogP contribution in [0.3, 0.4) is 0 Å². The van der Waals surface area contributed by atoms with E-state index in [0.717, 1.165) is 30.8 Å².